The molecule has 1 aliphatic carbocycles. The monoisotopic (exact) mass is 193 g/mol. The largest absolute Gasteiger partial charge is 0.279 e. The van der Waals surface area contributed by atoms with Crippen LogP contribution in [0.4, 0.5) is 0 Å². The number of hydrogen-bond donors (Lipinski definition) is 0. The summed E-state index contributed by atoms with van der Waals surface area (Å²) < 4.78 is 0. The van der Waals surface area contributed by atoms with Crippen LogP contribution in [-0.4, -0.2) is 23.3 Å². The maximum absolute atomic E-state index is 11.6. The van der Waals surface area contributed by atoms with E-state index in [0.29, 0.717) is 18.9 Å². The van der Waals surface area contributed by atoms with Crippen LogP contribution in [0.2, 0.25) is 0 Å². The molecule has 1 saturated carbocycles. The summed E-state index contributed by atoms with van der Waals surface area (Å²) in [6, 6.07) is 0. The van der Waals surface area contributed by atoms with Crippen molar-refractivity contribution >= 4 is 11.8 Å². The van der Waals surface area contributed by atoms with E-state index in [0.717, 1.165) is 12.8 Å². The first-order chi connectivity index (χ1) is 6.77. The number of carbonyl (C=O) groups excluding carboxylic acids is 2. The highest BCUT2D eigenvalue weighted by atomic mass is 16.2. The minimum Gasteiger partial charge on any atom is -0.279 e. The van der Waals surface area contributed by atoms with Crippen molar-refractivity contribution in [2.75, 3.05) is 6.54 Å². The van der Waals surface area contributed by atoms with Gasteiger partial charge in [-0.1, -0.05) is 6.08 Å². The van der Waals surface area contributed by atoms with Crippen LogP contribution in [0.3, 0.4) is 0 Å². The van der Waals surface area contributed by atoms with Crippen molar-refractivity contribution in [1.29, 1.82) is 0 Å². The van der Waals surface area contributed by atoms with Gasteiger partial charge >= 0.3 is 0 Å². The Kier molecular flexibility index (Phi) is 2.66. The van der Waals surface area contributed by atoms with E-state index in [1.807, 2.05) is 6.08 Å². The molecule has 3 nitrogen and oxygen atoms in total. The average molecular weight is 193 g/mol. The first kappa shape index (κ1) is 9.44. The molecule has 76 valence electrons. The number of rotatable bonds is 2. The third kappa shape index (κ3) is 2.22. The molecule has 0 aromatic rings. The van der Waals surface area contributed by atoms with Gasteiger partial charge in [-0.15, -0.1) is 0 Å². The average Bonchev–Trinajstić information content (AvgIpc) is 2.98. The molecule has 1 heterocycles. The van der Waals surface area contributed by atoms with Gasteiger partial charge in [-0.05, 0) is 37.7 Å². The Morgan fingerprint density at radius 3 is 2.79 bits per heavy atom. The molecule has 0 unspecified atom stereocenters. The highest BCUT2D eigenvalue weighted by molar-refractivity contribution is 6.01. The lowest BCUT2D eigenvalue weighted by Crippen LogP contribution is -2.39. The molecular weight excluding hydrogens is 178 g/mol. The lowest BCUT2D eigenvalue weighted by atomic mass is 10.1. The van der Waals surface area contributed by atoms with Gasteiger partial charge in [0.05, 0.1) is 0 Å². The van der Waals surface area contributed by atoms with Gasteiger partial charge in [0.2, 0.25) is 5.91 Å². The molecule has 2 aliphatic rings. The number of amides is 2. The second-order valence-electron chi connectivity index (χ2n) is 4.04. The fourth-order valence-electron chi connectivity index (χ4n) is 1.64. The maximum atomic E-state index is 11.6. The summed E-state index contributed by atoms with van der Waals surface area (Å²) in [7, 11) is 0. The maximum Gasteiger partial charge on any atom is 0.252 e. The Morgan fingerprint density at radius 1 is 1.36 bits per heavy atom. The van der Waals surface area contributed by atoms with Gasteiger partial charge in [-0.2, -0.15) is 0 Å². The normalized spacial score (nSPS) is 23.1. The van der Waals surface area contributed by atoms with Gasteiger partial charge in [-0.3, -0.25) is 14.5 Å². The van der Waals surface area contributed by atoms with Crippen molar-refractivity contribution in [1.82, 2.24) is 4.90 Å². The molecule has 2 amide bonds. The second-order valence-corrected chi connectivity index (χ2v) is 4.04. The van der Waals surface area contributed by atoms with Crippen molar-refractivity contribution in [2.45, 2.75) is 32.1 Å². The van der Waals surface area contributed by atoms with Crippen molar-refractivity contribution in [3.05, 3.63) is 12.2 Å². The van der Waals surface area contributed by atoms with Gasteiger partial charge < -0.3 is 0 Å². The minimum atomic E-state index is -0.124. The zero-order chi connectivity index (χ0) is 9.97. The van der Waals surface area contributed by atoms with E-state index in [4.69, 9.17) is 0 Å². The number of carbonyl (C=O) groups is 2. The van der Waals surface area contributed by atoms with E-state index >= 15 is 0 Å². The molecule has 0 aromatic carbocycles. The topological polar surface area (TPSA) is 37.4 Å². The number of hydrogen-bond acceptors (Lipinski definition) is 2. The van der Waals surface area contributed by atoms with E-state index in [2.05, 4.69) is 0 Å². The zero-order valence-electron chi connectivity index (χ0n) is 8.24. The number of likely N-dealkylation sites (tertiary alicyclic amines) is 1. The summed E-state index contributed by atoms with van der Waals surface area (Å²) in [5.41, 5.74) is 0. The van der Waals surface area contributed by atoms with Crippen molar-refractivity contribution < 1.29 is 9.59 Å². The van der Waals surface area contributed by atoms with Crippen molar-refractivity contribution in [3.8, 4) is 0 Å². The van der Waals surface area contributed by atoms with Gasteiger partial charge in [0.1, 0.15) is 0 Å². The highest BCUT2D eigenvalue weighted by Gasteiger charge is 2.23. The Morgan fingerprint density at radius 2 is 2.14 bits per heavy atom. The summed E-state index contributed by atoms with van der Waals surface area (Å²) in [4.78, 5) is 24.3. The lowest BCUT2D eigenvalue weighted by Gasteiger charge is -2.23. The predicted molar refractivity (Wildman–Crippen MR) is 52.4 cm³/mol. The molecule has 0 spiro atoms. The van der Waals surface area contributed by atoms with Crippen LogP contribution in [0, 0.1) is 5.92 Å². The summed E-state index contributed by atoms with van der Waals surface area (Å²) in [5, 5.41) is 0. The molecule has 0 bridgehead atoms. The van der Waals surface area contributed by atoms with Crippen LogP contribution < -0.4 is 0 Å². The molecule has 0 aromatic heterocycles. The van der Waals surface area contributed by atoms with Crippen molar-refractivity contribution in [3.63, 3.8) is 0 Å². The third-order valence-corrected chi connectivity index (χ3v) is 2.72. The van der Waals surface area contributed by atoms with Gasteiger partial charge in [0.15, 0.2) is 0 Å². The Bertz CT molecular complexity index is 279. The van der Waals surface area contributed by atoms with E-state index < -0.39 is 0 Å². The molecule has 0 radical (unpaired) electrons. The fraction of sp³-hybridized carbons (Fsp3) is 0.636. The van der Waals surface area contributed by atoms with E-state index in [-0.39, 0.29) is 11.8 Å². The predicted octanol–water partition coefficient (Wildman–Crippen LogP) is 1.49. The molecule has 0 atom stereocenters. The quantitative estimate of drug-likeness (QED) is 0.623. The molecule has 1 saturated heterocycles. The summed E-state index contributed by atoms with van der Waals surface area (Å²) in [6.45, 7) is 0.604. The molecular formula is C11H15NO2. The smallest absolute Gasteiger partial charge is 0.252 e. The molecule has 0 N–H and O–H groups in total. The van der Waals surface area contributed by atoms with Crippen LogP contribution in [0.25, 0.3) is 0 Å². The second kappa shape index (κ2) is 3.95. The van der Waals surface area contributed by atoms with Crippen LogP contribution in [0.1, 0.15) is 32.1 Å². The number of allylic oxidation sites excluding steroid dienone is 1. The van der Waals surface area contributed by atoms with Crippen molar-refractivity contribution in [2.24, 2.45) is 5.92 Å². The first-order valence-electron chi connectivity index (χ1n) is 5.30. The Balaban J connectivity index is 1.91. The standard InChI is InChI=1S/C11H15NO2/c13-10-3-1-2-8-12(10)11(14)7-6-9-4-5-9/h6-7,9H,1-5,8H2/b7-6+. The minimum absolute atomic E-state index is 0.0123. The van der Waals surface area contributed by atoms with E-state index in [1.165, 1.54) is 17.7 Å². The molecule has 14 heavy (non-hydrogen) atoms. The third-order valence-electron chi connectivity index (χ3n) is 2.72. The number of piperidine rings is 1. The molecule has 1 aliphatic heterocycles. The Labute approximate surface area is 83.8 Å². The van der Waals surface area contributed by atoms with Crippen LogP contribution in [-0.2, 0) is 9.59 Å². The number of nitrogens with zero attached hydrogens (tertiary/aromatic N) is 1. The van der Waals surface area contributed by atoms with Gasteiger partial charge in [0.25, 0.3) is 5.91 Å². The van der Waals surface area contributed by atoms with E-state index in [1.54, 1.807) is 6.08 Å². The van der Waals surface area contributed by atoms with Crippen LogP contribution in [0.15, 0.2) is 12.2 Å². The lowest BCUT2D eigenvalue weighted by molar-refractivity contribution is -0.143. The summed E-state index contributed by atoms with van der Waals surface area (Å²) in [5.74, 6) is 0.460. The van der Waals surface area contributed by atoms with E-state index in [9.17, 15) is 9.59 Å². The number of imide groups is 1. The Hall–Kier alpha value is -1.12. The zero-order valence-corrected chi connectivity index (χ0v) is 8.24. The van der Waals surface area contributed by atoms with Gasteiger partial charge in [-0.25, -0.2) is 0 Å². The fourth-order valence-corrected chi connectivity index (χ4v) is 1.64. The highest BCUT2D eigenvalue weighted by Crippen LogP contribution is 2.30. The molecule has 2 rings (SSSR count). The van der Waals surface area contributed by atoms with Gasteiger partial charge in [0, 0.05) is 13.0 Å². The molecule has 3 heteroatoms. The summed E-state index contributed by atoms with van der Waals surface area (Å²) >= 11 is 0. The SMILES string of the molecule is O=C(/C=C/C1CC1)N1CCCCC1=O. The van der Waals surface area contributed by atoms with Crippen LogP contribution in [0.5, 0.6) is 0 Å². The molecule has 2 fully saturated rings. The summed E-state index contributed by atoms with van der Waals surface area (Å²) in [6.07, 6.45) is 8.30. The van der Waals surface area contributed by atoms with Crippen LogP contribution >= 0.6 is 0 Å². The first-order valence-corrected chi connectivity index (χ1v) is 5.30.